The lowest BCUT2D eigenvalue weighted by Gasteiger charge is -2.38. The molecule has 1 aromatic carbocycles. The van der Waals surface area contributed by atoms with Crippen molar-refractivity contribution >= 4 is 12.0 Å². The number of carbonyl (C=O) groups excluding carboxylic acids is 1. The van der Waals surface area contributed by atoms with Crippen LogP contribution in [0.4, 0.5) is 5.69 Å². The van der Waals surface area contributed by atoms with Gasteiger partial charge in [-0.25, -0.2) is 0 Å². The number of aryl methyl sites for hydroxylation is 1. The Morgan fingerprint density at radius 2 is 1.80 bits per heavy atom. The Bertz CT molecular complexity index is 460. The molecule has 0 atom stereocenters. The molecule has 0 spiro atoms. The summed E-state index contributed by atoms with van der Waals surface area (Å²) in [6, 6.07) is 8.72. The standard InChI is InChI=1S/C18H25NO/c20-15-18(11-5-1-2-6-12-18)14-19-13-7-9-16-8-3-4-10-17(16)19/h3-4,8,10,15H,1-2,5-7,9,11-14H2. The number of carbonyl (C=O) groups is 1. The molecular weight excluding hydrogens is 246 g/mol. The fourth-order valence-corrected chi connectivity index (χ4v) is 3.90. The van der Waals surface area contributed by atoms with Gasteiger partial charge in [-0.05, 0) is 37.3 Å². The average molecular weight is 271 g/mol. The maximum atomic E-state index is 11.8. The van der Waals surface area contributed by atoms with Crippen LogP contribution < -0.4 is 4.90 Å². The summed E-state index contributed by atoms with van der Waals surface area (Å²) in [7, 11) is 0. The molecule has 0 radical (unpaired) electrons. The smallest absolute Gasteiger partial charge is 0.127 e. The molecule has 0 N–H and O–H groups in total. The van der Waals surface area contributed by atoms with E-state index in [4.69, 9.17) is 0 Å². The predicted octanol–water partition coefficient (Wildman–Crippen LogP) is 3.98. The molecule has 2 nitrogen and oxygen atoms in total. The van der Waals surface area contributed by atoms with Gasteiger partial charge in [0.05, 0.1) is 0 Å². The fourth-order valence-electron chi connectivity index (χ4n) is 3.90. The maximum Gasteiger partial charge on any atom is 0.127 e. The highest BCUT2D eigenvalue weighted by Crippen LogP contribution is 2.37. The molecule has 0 amide bonds. The van der Waals surface area contributed by atoms with Crippen molar-refractivity contribution < 1.29 is 4.79 Å². The van der Waals surface area contributed by atoms with E-state index in [1.807, 2.05) is 0 Å². The van der Waals surface area contributed by atoms with E-state index in [9.17, 15) is 4.79 Å². The Kier molecular flexibility index (Phi) is 4.09. The van der Waals surface area contributed by atoms with Gasteiger partial charge in [0.15, 0.2) is 0 Å². The van der Waals surface area contributed by atoms with Crippen molar-refractivity contribution in [2.45, 2.75) is 51.4 Å². The minimum atomic E-state index is -0.0963. The van der Waals surface area contributed by atoms with Gasteiger partial charge in [0.25, 0.3) is 0 Å². The third kappa shape index (κ3) is 2.74. The van der Waals surface area contributed by atoms with Crippen LogP contribution in [0, 0.1) is 5.41 Å². The van der Waals surface area contributed by atoms with Crippen molar-refractivity contribution in [3.63, 3.8) is 0 Å². The maximum absolute atomic E-state index is 11.8. The lowest BCUT2D eigenvalue weighted by atomic mass is 9.80. The second-order valence-electron chi connectivity index (χ2n) is 6.55. The van der Waals surface area contributed by atoms with Crippen LogP contribution in [0.25, 0.3) is 0 Å². The molecule has 3 rings (SSSR count). The molecule has 1 heterocycles. The highest BCUT2D eigenvalue weighted by atomic mass is 16.1. The van der Waals surface area contributed by atoms with Gasteiger partial charge in [0.2, 0.25) is 0 Å². The van der Waals surface area contributed by atoms with E-state index in [0.717, 1.165) is 25.9 Å². The summed E-state index contributed by atoms with van der Waals surface area (Å²) in [4.78, 5) is 14.3. The molecule has 1 aromatic rings. The number of rotatable bonds is 3. The quantitative estimate of drug-likeness (QED) is 0.612. The van der Waals surface area contributed by atoms with Gasteiger partial charge in [-0.1, -0.05) is 43.9 Å². The SMILES string of the molecule is O=CC1(CN2CCCc3ccccc32)CCCCCC1. The van der Waals surface area contributed by atoms with Crippen LogP contribution in [-0.2, 0) is 11.2 Å². The van der Waals surface area contributed by atoms with Crippen molar-refractivity contribution in [1.82, 2.24) is 0 Å². The van der Waals surface area contributed by atoms with Crippen LogP contribution in [0.2, 0.25) is 0 Å². The van der Waals surface area contributed by atoms with Crippen LogP contribution in [0.15, 0.2) is 24.3 Å². The highest BCUT2D eigenvalue weighted by Gasteiger charge is 2.33. The van der Waals surface area contributed by atoms with E-state index < -0.39 is 0 Å². The van der Waals surface area contributed by atoms with E-state index in [1.165, 1.54) is 56.1 Å². The Morgan fingerprint density at radius 3 is 2.55 bits per heavy atom. The molecule has 1 aliphatic carbocycles. The number of benzene rings is 1. The first kappa shape index (κ1) is 13.7. The molecule has 1 saturated carbocycles. The van der Waals surface area contributed by atoms with Gasteiger partial charge < -0.3 is 9.69 Å². The van der Waals surface area contributed by atoms with E-state index in [0.29, 0.717) is 0 Å². The molecule has 0 aromatic heterocycles. The topological polar surface area (TPSA) is 20.3 Å². The summed E-state index contributed by atoms with van der Waals surface area (Å²) in [6.45, 7) is 2.03. The molecule has 0 unspecified atom stereocenters. The summed E-state index contributed by atoms with van der Waals surface area (Å²) in [6.07, 6.45) is 10.9. The van der Waals surface area contributed by atoms with E-state index in [2.05, 4.69) is 29.2 Å². The molecule has 2 aliphatic rings. The zero-order chi connectivity index (χ0) is 13.8. The lowest BCUT2D eigenvalue weighted by molar-refractivity contribution is -0.116. The Balaban J connectivity index is 1.81. The van der Waals surface area contributed by atoms with Crippen LogP contribution in [0.5, 0.6) is 0 Å². The number of hydrogen-bond acceptors (Lipinski definition) is 2. The summed E-state index contributed by atoms with van der Waals surface area (Å²) >= 11 is 0. The first-order valence-electron chi connectivity index (χ1n) is 8.12. The summed E-state index contributed by atoms with van der Waals surface area (Å²) in [5, 5.41) is 0. The van der Waals surface area contributed by atoms with Crippen LogP contribution >= 0.6 is 0 Å². The number of fused-ring (bicyclic) bond motifs is 1. The lowest BCUT2D eigenvalue weighted by Crippen LogP contribution is -2.41. The Labute approximate surface area is 122 Å². The monoisotopic (exact) mass is 271 g/mol. The van der Waals surface area contributed by atoms with Gasteiger partial charge in [-0.2, -0.15) is 0 Å². The zero-order valence-electron chi connectivity index (χ0n) is 12.3. The van der Waals surface area contributed by atoms with Crippen LogP contribution in [-0.4, -0.2) is 19.4 Å². The molecule has 0 bridgehead atoms. The Hall–Kier alpha value is -1.31. The Morgan fingerprint density at radius 1 is 1.05 bits per heavy atom. The van der Waals surface area contributed by atoms with Crippen molar-refractivity contribution in [3.05, 3.63) is 29.8 Å². The number of hydrogen-bond donors (Lipinski definition) is 0. The highest BCUT2D eigenvalue weighted by molar-refractivity contribution is 5.63. The third-order valence-corrected chi connectivity index (χ3v) is 5.06. The second kappa shape index (κ2) is 5.99. The number of anilines is 1. The van der Waals surface area contributed by atoms with Crippen molar-refractivity contribution in [2.75, 3.05) is 18.0 Å². The summed E-state index contributed by atoms with van der Waals surface area (Å²) in [5.41, 5.74) is 2.72. The molecule has 1 aliphatic heterocycles. The van der Waals surface area contributed by atoms with Crippen LogP contribution in [0.3, 0.4) is 0 Å². The van der Waals surface area contributed by atoms with Crippen molar-refractivity contribution in [1.29, 1.82) is 0 Å². The number of aldehydes is 1. The second-order valence-corrected chi connectivity index (χ2v) is 6.55. The van der Waals surface area contributed by atoms with Gasteiger partial charge >= 0.3 is 0 Å². The molecule has 20 heavy (non-hydrogen) atoms. The summed E-state index contributed by atoms with van der Waals surface area (Å²) in [5.74, 6) is 0. The minimum absolute atomic E-state index is 0.0963. The number of nitrogens with zero attached hydrogens (tertiary/aromatic N) is 1. The number of para-hydroxylation sites is 1. The normalized spacial score (nSPS) is 21.9. The van der Waals surface area contributed by atoms with Crippen molar-refractivity contribution in [3.8, 4) is 0 Å². The van der Waals surface area contributed by atoms with E-state index >= 15 is 0 Å². The molecule has 0 saturated heterocycles. The molecule has 1 fully saturated rings. The van der Waals surface area contributed by atoms with Gasteiger partial charge in [-0.15, -0.1) is 0 Å². The summed E-state index contributed by atoms with van der Waals surface area (Å²) < 4.78 is 0. The van der Waals surface area contributed by atoms with E-state index in [-0.39, 0.29) is 5.41 Å². The largest absolute Gasteiger partial charge is 0.370 e. The third-order valence-electron chi connectivity index (χ3n) is 5.06. The first-order valence-corrected chi connectivity index (χ1v) is 8.12. The van der Waals surface area contributed by atoms with E-state index in [1.54, 1.807) is 0 Å². The molecule has 2 heteroatoms. The molecule has 108 valence electrons. The van der Waals surface area contributed by atoms with Gasteiger partial charge in [0, 0.05) is 24.2 Å². The molecular formula is C18H25NO. The fraction of sp³-hybridized carbons (Fsp3) is 0.611. The van der Waals surface area contributed by atoms with Crippen LogP contribution in [0.1, 0.15) is 50.5 Å². The first-order chi connectivity index (χ1) is 9.83. The van der Waals surface area contributed by atoms with Gasteiger partial charge in [-0.3, -0.25) is 0 Å². The minimum Gasteiger partial charge on any atom is -0.370 e. The van der Waals surface area contributed by atoms with Gasteiger partial charge in [0.1, 0.15) is 6.29 Å². The predicted molar refractivity (Wildman–Crippen MR) is 83.2 cm³/mol. The van der Waals surface area contributed by atoms with Crippen molar-refractivity contribution in [2.24, 2.45) is 5.41 Å². The average Bonchev–Trinajstić information content (AvgIpc) is 2.74. The zero-order valence-corrected chi connectivity index (χ0v) is 12.3.